The molecule has 108 valence electrons. The van der Waals surface area contributed by atoms with Gasteiger partial charge in [-0.25, -0.2) is 0 Å². The Labute approximate surface area is 117 Å². The molecule has 0 aromatic carbocycles. The number of nitrogens with one attached hydrogen (secondary N) is 1. The number of hydrogen-bond donors (Lipinski definition) is 2. The van der Waals surface area contributed by atoms with E-state index in [1.165, 1.54) is 0 Å². The largest absolute Gasteiger partial charge is 0.384 e. The monoisotopic (exact) mass is 276 g/mol. The molecule has 2 aromatic rings. The second-order valence-electron chi connectivity index (χ2n) is 4.55. The number of nitrogen functional groups attached to an aromatic ring is 1. The van der Waals surface area contributed by atoms with Crippen LogP contribution < -0.4 is 11.1 Å². The fourth-order valence-electron chi connectivity index (χ4n) is 1.96. The number of aromatic nitrogens is 4. The van der Waals surface area contributed by atoms with E-state index in [1.54, 1.807) is 22.6 Å². The Kier molecular flexibility index (Phi) is 4.07. The fraction of sp³-hybridized carbons (Fsp3) is 0.462. The molecule has 0 spiro atoms. The normalized spacial score (nSPS) is 10.8. The molecule has 0 bridgehead atoms. The van der Waals surface area contributed by atoms with Gasteiger partial charge >= 0.3 is 0 Å². The molecule has 2 rings (SSSR count). The molecule has 0 radical (unpaired) electrons. The first-order valence-corrected chi connectivity index (χ1v) is 6.68. The van der Waals surface area contributed by atoms with E-state index in [1.807, 2.05) is 19.9 Å². The van der Waals surface area contributed by atoms with Crippen molar-refractivity contribution in [2.24, 2.45) is 7.05 Å². The van der Waals surface area contributed by atoms with E-state index in [0.29, 0.717) is 24.6 Å². The van der Waals surface area contributed by atoms with Crippen LogP contribution in [0.5, 0.6) is 0 Å². The third kappa shape index (κ3) is 2.66. The van der Waals surface area contributed by atoms with Crippen LogP contribution in [0.4, 0.5) is 5.82 Å². The molecule has 2 aromatic heterocycles. The maximum atomic E-state index is 12.2. The van der Waals surface area contributed by atoms with Crippen molar-refractivity contribution >= 4 is 11.7 Å². The Balaban J connectivity index is 2.08. The number of carbonyl (C=O) groups excluding carboxylic acids is 1. The van der Waals surface area contributed by atoms with Gasteiger partial charge in [0.25, 0.3) is 5.91 Å². The first kappa shape index (κ1) is 14.1. The minimum atomic E-state index is -0.151. The average Bonchev–Trinajstić information content (AvgIpc) is 3.01. The molecular weight excluding hydrogens is 256 g/mol. The lowest BCUT2D eigenvalue weighted by Gasteiger charge is -2.06. The lowest BCUT2D eigenvalue weighted by atomic mass is 10.2. The van der Waals surface area contributed by atoms with Crippen molar-refractivity contribution in [1.29, 1.82) is 0 Å². The van der Waals surface area contributed by atoms with Crippen LogP contribution >= 0.6 is 0 Å². The third-order valence-corrected chi connectivity index (χ3v) is 3.23. The van der Waals surface area contributed by atoms with Crippen LogP contribution in [0.1, 0.15) is 35.6 Å². The third-order valence-electron chi connectivity index (χ3n) is 3.23. The van der Waals surface area contributed by atoms with Crippen molar-refractivity contribution in [3.63, 3.8) is 0 Å². The van der Waals surface area contributed by atoms with Crippen molar-refractivity contribution in [2.45, 2.75) is 33.4 Å². The molecule has 3 N–H and O–H groups in total. The molecule has 0 aliphatic rings. The molecule has 0 aliphatic heterocycles. The summed E-state index contributed by atoms with van der Waals surface area (Å²) < 4.78 is 3.29. The summed E-state index contributed by atoms with van der Waals surface area (Å²) in [6.07, 6.45) is 2.47. The maximum Gasteiger partial charge on any atom is 0.269 e. The quantitative estimate of drug-likeness (QED) is 0.841. The van der Waals surface area contributed by atoms with Gasteiger partial charge in [0, 0.05) is 25.7 Å². The van der Waals surface area contributed by atoms with Crippen LogP contribution in [0.2, 0.25) is 0 Å². The summed E-state index contributed by atoms with van der Waals surface area (Å²) in [7, 11) is 1.76. The Hall–Kier alpha value is -2.31. The highest BCUT2D eigenvalue weighted by atomic mass is 16.2. The minimum Gasteiger partial charge on any atom is -0.384 e. The van der Waals surface area contributed by atoms with Gasteiger partial charge in [-0.05, 0) is 19.4 Å². The molecule has 0 saturated carbocycles. The van der Waals surface area contributed by atoms with Crippen LogP contribution in [0.15, 0.2) is 12.3 Å². The van der Waals surface area contributed by atoms with E-state index in [0.717, 1.165) is 17.7 Å². The van der Waals surface area contributed by atoms with Gasteiger partial charge < -0.3 is 11.1 Å². The van der Waals surface area contributed by atoms with Gasteiger partial charge in [0.1, 0.15) is 11.5 Å². The van der Waals surface area contributed by atoms with Crippen LogP contribution in [-0.2, 0) is 26.6 Å². The first-order valence-electron chi connectivity index (χ1n) is 6.68. The van der Waals surface area contributed by atoms with E-state index in [4.69, 9.17) is 5.73 Å². The molecule has 2 heterocycles. The molecule has 20 heavy (non-hydrogen) atoms. The lowest BCUT2D eigenvalue weighted by Crippen LogP contribution is -2.25. The number of hydrogen-bond acceptors (Lipinski definition) is 4. The molecule has 0 unspecified atom stereocenters. The standard InChI is InChI=1S/C13H20N6O/c1-4-10-6-11(19(5-2)17-10)13(20)15-7-9-8-16-18(3)12(9)14/h6,8H,4-5,7,14H2,1-3H3,(H,15,20). The SMILES string of the molecule is CCc1cc(C(=O)NCc2cnn(C)c2N)n(CC)n1. The zero-order valence-electron chi connectivity index (χ0n) is 12.1. The molecule has 0 fully saturated rings. The number of anilines is 1. The van der Waals surface area contributed by atoms with Gasteiger partial charge in [-0.3, -0.25) is 14.2 Å². The van der Waals surface area contributed by atoms with E-state index in [9.17, 15) is 4.79 Å². The lowest BCUT2D eigenvalue weighted by molar-refractivity contribution is 0.0940. The van der Waals surface area contributed by atoms with Crippen molar-refractivity contribution in [3.8, 4) is 0 Å². The number of aryl methyl sites for hydroxylation is 3. The van der Waals surface area contributed by atoms with Gasteiger partial charge in [-0.2, -0.15) is 10.2 Å². The van der Waals surface area contributed by atoms with E-state index in [2.05, 4.69) is 15.5 Å². The van der Waals surface area contributed by atoms with E-state index >= 15 is 0 Å². The molecule has 7 heteroatoms. The van der Waals surface area contributed by atoms with E-state index in [-0.39, 0.29) is 5.91 Å². The topological polar surface area (TPSA) is 90.8 Å². The number of rotatable bonds is 5. The van der Waals surface area contributed by atoms with Crippen LogP contribution in [-0.4, -0.2) is 25.5 Å². The summed E-state index contributed by atoms with van der Waals surface area (Å²) in [5.41, 5.74) is 8.14. The Bertz CT molecular complexity index is 612. The highest BCUT2D eigenvalue weighted by Gasteiger charge is 2.14. The average molecular weight is 276 g/mol. The Morgan fingerprint density at radius 2 is 2.20 bits per heavy atom. The van der Waals surface area contributed by atoms with E-state index < -0.39 is 0 Å². The maximum absolute atomic E-state index is 12.2. The van der Waals surface area contributed by atoms with Crippen molar-refractivity contribution in [3.05, 3.63) is 29.2 Å². The fourth-order valence-corrected chi connectivity index (χ4v) is 1.96. The highest BCUT2D eigenvalue weighted by molar-refractivity contribution is 5.92. The molecule has 1 amide bonds. The minimum absolute atomic E-state index is 0.151. The summed E-state index contributed by atoms with van der Waals surface area (Å²) in [5.74, 6) is 0.408. The molecular formula is C13H20N6O. The van der Waals surface area contributed by atoms with Crippen LogP contribution in [0, 0.1) is 0 Å². The Morgan fingerprint density at radius 1 is 1.45 bits per heavy atom. The molecule has 0 saturated heterocycles. The molecule has 7 nitrogen and oxygen atoms in total. The second kappa shape index (κ2) is 5.77. The summed E-state index contributed by atoms with van der Waals surface area (Å²) in [5, 5.41) is 11.2. The van der Waals surface area contributed by atoms with Crippen LogP contribution in [0.3, 0.4) is 0 Å². The van der Waals surface area contributed by atoms with Gasteiger partial charge in [-0.15, -0.1) is 0 Å². The van der Waals surface area contributed by atoms with Gasteiger partial charge in [0.05, 0.1) is 11.9 Å². The van der Waals surface area contributed by atoms with Gasteiger partial charge in [0.2, 0.25) is 0 Å². The van der Waals surface area contributed by atoms with Crippen LogP contribution in [0.25, 0.3) is 0 Å². The smallest absolute Gasteiger partial charge is 0.269 e. The van der Waals surface area contributed by atoms with Crippen molar-refractivity contribution < 1.29 is 4.79 Å². The molecule has 0 atom stereocenters. The summed E-state index contributed by atoms with van der Waals surface area (Å²) in [6, 6.07) is 1.82. The number of nitrogens with two attached hydrogens (primary N) is 1. The van der Waals surface area contributed by atoms with Crippen molar-refractivity contribution in [1.82, 2.24) is 24.9 Å². The second-order valence-corrected chi connectivity index (χ2v) is 4.55. The van der Waals surface area contributed by atoms with Gasteiger partial charge in [-0.1, -0.05) is 6.92 Å². The Morgan fingerprint density at radius 3 is 2.75 bits per heavy atom. The zero-order valence-corrected chi connectivity index (χ0v) is 12.1. The zero-order chi connectivity index (χ0) is 14.7. The summed E-state index contributed by atoms with van der Waals surface area (Å²) in [6.45, 7) is 5.00. The van der Waals surface area contributed by atoms with Gasteiger partial charge in [0.15, 0.2) is 0 Å². The predicted octanol–water partition coefficient (Wildman–Crippen LogP) is 0.711. The number of nitrogens with zero attached hydrogens (tertiary/aromatic N) is 4. The number of amides is 1. The summed E-state index contributed by atoms with van der Waals surface area (Å²) >= 11 is 0. The summed E-state index contributed by atoms with van der Waals surface area (Å²) in [4.78, 5) is 12.2. The molecule has 0 aliphatic carbocycles. The highest BCUT2D eigenvalue weighted by Crippen LogP contribution is 2.10. The van der Waals surface area contributed by atoms with Crippen molar-refractivity contribution in [2.75, 3.05) is 5.73 Å². The first-order chi connectivity index (χ1) is 9.56. The predicted molar refractivity (Wildman–Crippen MR) is 76.1 cm³/mol. The number of carbonyl (C=O) groups is 1.